The molecule has 2 aliphatic rings. The standard InChI is InChI=1S/2C10H9.2C6H7.2C2H6Si.2ClH.2Zr/c2*1-8-6-7-9-4-2-3-5-10(8)9;2*1-6-4-2-3-5-6;2*1-3-2;;;;/h2*2-7H,1H3;2*2,4H,5H2,1H3;2*1-2H3;2*1H;;/q4*-1;;;;;2*+2/p-2. The molecule has 0 bridgehead atoms. The normalized spacial score (nSPS) is 11.6. The Bertz CT molecular complexity index is 1350. The van der Waals surface area contributed by atoms with Crippen LogP contribution in [-0.4, -0.2) is 10.9 Å². The van der Waals surface area contributed by atoms with Crippen molar-refractivity contribution in [2.75, 3.05) is 0 Å². The van der Waals surface area contributed by atoms with Crippen LogP contribution in [0, 0.1) is 26.0 Å². The van der Waals surface area contributed by atoms with Gasteiger partial charge in [-0.25, -0.2) is 24.3 Å². The molecule has 4 aromatic rings. The van der Waals surface area contributed by atoms with Crippen molar-refractivity contribution in [3.05, 3.63) is 132 Å². The van der Waals surface area contributed by atoms with Gasteiger partial charge in [0.05, 0.1) is 0 Å². The first-order valence-corrected chi connectivity index (χ1v) is 26.1. The number of halogens is 2. The molecule has 0 aliphatic heterocycles. The van der Waals surface area contributed by atoms with Crippen LogP contribution in [-0.2, 0) is 46.7 Å². The van der Waals surface area contributed by atoms with Crippen LogP contribution in [0.25, 0.3) is 21.5 Å². The van der Waals surface area contributed by atoms with Gasteiger partial charge in [0.25, 0.3) is 0 Å². The fourth-order valence-corrected chi connectivity index (χ4v) is 3.57. The van der Waals surface area contributed by atoms with Gasteiger partial charge in [-0.3, -0.25) is 12.2 Å². The summed E-state index contributed by atoms with van der Waals surface area (Å²) in [7, 11) is 0. The number of benzene rings is 2. The first-order valence-electron chi connectivity index (χ1n) is 13.7. The van der Waals surface area contributed by atoms with Crippen molar-refractivity contribution in [3.8, 4) is 0 Å². The molecule has 0 spiro atoms. The van der Waals surface area contributed by atoms with E-state index in [-0.39, 0.29) is 35.7 Å². The SMILES string of the molecule is CC1=CC=[C-]C1.CC1=CC=[C-]C1.C[Si](C)=[Zr+2].C[Si](C)=[Zr+2].Cc1c[cH-]c2ccccc12.Cc1c[cH-]c2ccccc12.[Cl-].[Cl-]. The van der Waals surface area contributed by atoms with Gasteiger partial charge in [-0.15, -0.1) is 82.9 Å². The van der Waals surface area contributed by atoms with Crippen LogP contribution in [0.4, 0.5) is 0 Å². The van der Waals surface area contributed by atoms with E-state index in [1.54, 1.807) is 46.7 Å². The van der Waals surface area contributed by atoms with Crippen molar-refractivity contribution in [3.63, 3.8) is 0 Å². The zero-order chi connectivity index (χ0) is 29.9. The molecular weight excluding hydrogens is 742 g/mol. The predicted octanol–water partition coefficient (Wildman–Crippen LogP) is 4.70. The largest absolute Gasteiger partial charge is 1.00 e. The number of allylic oxidation sites excluding steroid dienone is 8. The van der Waals surface area contributed by atoms with Crippen LogP contribution in [0.3, 0.4) is 0 Å². The van der Waals surface area contributed by atoms with Gasteiger partial charge in [0.1, 0.15) is 0 Å². The van der Waals surface area contributed by atoms with E-state index in [2.05, 4.69) is 151 Å². The van der Waals surface area contributed by atoms with E-state index in [9.17, 15) is 0 Å². The molecule has 6 heteroatoms. The molecule has 6 rings (SSSR count). The van der Waals surface area contributed by atoms with Crippen LogP contribution < -0.4 is 24.8 Å². The van der Waals surface area contributed by atoms with Gasteiger partial charge < -0.3 is 24.8 Å². The first kappa shape index (κ1) is 43.5. The quantitative estimate of drug-likeness (QED) is 0.179. The van der Waals surface area contributed by atoms with E-state index < -0.39 is 0 Å². The summed E-state index contributed by atoms with van der Waals surface area (Å²) in [6.45, 7) is 17.7. The van der Waals surface area contributed by atoms with E-state index in [0.717, 1.165) is 12.8 Å². The third kappa shape index (κ3) is 20.4. The summed E-state index contributed by atoms with van der Waals surface area (Å²) in [6.07, 6.45) is 16.3. The average Bonchev–Trinajstić information content (AvgIpc) is 3.71. The fraction of sp³-hybridized carbons (Fsp3) is 0.278. The Labute approximate surface area is 299 Å². The summed E-state index contributed by atoms with van der Waals surface area (Å²) in [5.74, 6) is 0. The summed E-state index contributed by atoms with van der Waals surface area (Å²) in [6, 6.07) is 25.5. The van der Waals surface area contributed by atoms with Gasteiger partial charge in [0, 0.05) is 0 Å². The van der Waals surface area contributed by atoms with E-state index in [4.69, 9.17) is 0 Å². The molecule has 0 aromatic heterocycles. The topological polar surface area (TPSA) is 0 Å². The first-order chi connectivity index (χ1) is 19.0. The fourth-order valence-electron chi connectivity index (χ4n) is 3.57. The molecule has 220 valence electrons. The van der Waals surface area contributed by atoms with Crippen molar-refractivity contribution in [1.29, 1.82) is 0 Å². The molecule has 4 aromatic carbocycles. The van der Waals surface area contributed by atoms with E-state index in [1.165, 1.54) is 43.8 Å². The van der Waals surface area contributed by atoms with Gasteiger partial charge in [-0.2, -0.15) is 34.4 Å². The van der Waals surface area contributed by atoms with Crippen molar-refractivity contribution >= 4 is 32.4 Å². The number of hydrogen-bond donors (Lipinski definition) is 0. The van der Waals surface area contributed by atoms with Crippen LogP contribution in [0.15, 0.2) is 108 Å². The van der Waals surface area contributed by atoms with Crippen LogP contribution >= 0.6 is 0 Å². The maximum absolute atomic E-state index is 3.05. The molecule has 0 amide bonds. The van der Waals surface area contributed by atoms with E-state index in [1.807, 2.05) is 12.2 Å². The minimum absolute atomic E-state index is 0. The number of rotatable bonds is 0. The maximum atomic E-state index is 3.05. The average molecular weight is 786 g/mol. The van der Waals surface area contributed by atoms with Crippen molar-refractivity contribution < 1.29 is 71.5 Å². The van der Waals surface area contributed by atoms with Gasteiger partial charge in [0.2, 0.25) is 0 Å². The third-order valence-electron chi connectivity index (χ3n) is 5.53. The minimum Gasteiger partial charge on any atom is -1.00 e. The summed E-state index contributed by atoms with van der Waals surface area (Å²) in [5.41, 5.74) is 5.99. The molecule has 42 heavy (non-hydrogen) atoms. The van der Waals surface area contributed by atoms with Crippen molar-refractivity contribution in [1.82, 2.24) is 0 Å². The smallest absolute Gasteiger partial charge is 0.0809 e. The summed E-state index contributed by atoms with van der Waals surface area (Å²) >= 11 is 3.48. The number of aryl methyl sites for hydroxylation is 2. The zero-order valence-corrected chi connectivity index (χ0v) is 34.8. The molecule has 0 nitrogen and oxygen atoms in total. The molecule has 0 atom stereocenters. The molecule has 0 radical (unpaired) electrons. The van der Waals surface area contributed by atoms with Crippen LogP contribution in [0.1, 0.15) is 37.8 Å². The van der Waals surface area contributed by atoms with E-state index >= 15 is 0 Å². The Morgan fingerprint density at radius 1 is 0.595 bits per heavy atom. The molecule has 0 unspecified atom stereocenters. The molecule has 0 N–H and O–H groups in total. The second-order valence-electron chi connectivity index (χ2n) is 10.3. The van der Waals surface area contributed by atoms with Crippen LogP contribution in [0.2, 0.25) is 26.2 Å². The Balaban J connectivity index is 0. The van der Waals surface area contributed by atoms with Gasteiger partial charge >= 0.3 is 83.7 Å². The van der Waals surface area contributed by atoms with Crippen LogP contribution in [0.5, 0.6) is 0 Å². The Morgan fingerprint density at radius 3 is 1.12 bits per heavy atom. The second-order valence-corrected chi connectivity index (χ2v) is 29.1. The predicted molar refractivity (Wildman–Crippen MR) is 176 cm³/mol. The summed E-state index contributed by atoms with van der Waals surface area (Å²) < 4.78 is 0. The summed E-state index contributed by atoms with van der Waals surface area (Å²) in [4.78, 5) is 0. The Morgan fingerprint density at radius 2 is 0.905 bits per heavy atom. The number of hydrogen-bond acceptors (Lipinski definition) is 0. The van der Waals surface area contributed by atoms with Gasteiger partial charge in [-0.05, 0) is 0 Å². The van der Waals surface area contributed by atoms with Gasteiger partial charge in [0.15, 0.2) is 0 Å². The van der Waals surface area contributed by atoms with E-state index in [0.29, 0.717) is 0 Å². The van der Waals surface area contributed by atoms with Gasteiger partial charge in [-0.1, -0.05) is 39.8 Å². The van der Waals surface area contributed by atoms with Crippen molar-refractivity contribution in [2.24, 2.45) is 0 Å². The molecule has 0 heterocycles. The molecule has 0 saturated heterocycles. The van der Waals surface area contributed by atoms with Crippen molar-refractivity contribution in [2.45, 2.75) is 66.7 Å². The molecular formula is C36H44Cl2Si2Zr2-2. The number of fused-ring (bicyclic) bond motifs is 2. The second kappa shape index (κ2) is 25.7. The zero-order valence-electron chi connectivity index (χ0n) is 26.4. The Kier molecular flexibility index (Phi) is 26.6. The molecule has 2 aliphatic carbocycles. The molecule has 0 fully saturated rings. The third-order valence-corrected chi connectivity index (χ3v) is 5.53. The Hall–Kier alpha value is -0.600. The monoisotopic (exact) mass is 782 g/mol. The maximum Gasteiger partial charge on any atom is -0.0809 e. The minimum atomic E-state index is 0. The summed E-state index contributed by atoms with van der Waals surface area (Å²) in [5, 5.41) is 5.45. The molecule has 0 saturated carbocycles.